The Balaban J connectivity index is 2.26. The highest BCUT2D eigenvalue weighted by Crippen LogP contribution is 2.27. The highest BCUT2D eigenvalue weighted by molar-refractivity contribution is 5.91. The number of hydrogen-bond acceptors (Lipinski definition) is 1. The Morgan fingerprint density at radius 2 is 1.78 bits per heavy atom. The van der Waals surface area contributed by atoms with E-state index in [9.17, 15) is 5.26 Å². The average Bonchev–Trinajstić information content (AvgIpc) is 2.74. The summed E-state index contributed by atoms with van der Waals surface area (Å²) in [5, 5.41) is 10.2. The lowest BCUT2D eigenvalue weighted by Gasteiger charge is -2.01. The number of aryl methyl sites for hydroxylation is 1. The molecule has 2 nitrogen and oxygen atoms in total. The molecule has 0 fully saturated rings. The number of aromatic amines is 1. The molecule has 18 heavy (non-hydrogen) atoms. The maximum absolute atomic E-state index is 9.20. The van der Waals surface area contributed by atoms with E-state index in [-0.39, 0.29) is 0 Å². The fourth-order valence-electron chi connectivity index (χ4n) is 2.28. The second-order valence-corrected chi connectivity index (χ2v) is 4.36. The molecule has 1 N–H and O–H groups in total. The van der Waals surface area contributed by atoms with Crippen molar-refractivity contribution in [3.8, 4) is 17.2 Å². The van der Waals surface area contributed by atoms with E-state index in [0.717, 1.165) is 27.7 Å². The summed E-state index contributed by atoms with van der Waals surface area (Å²) < 4.78 is 0. The zero-order valence-electron chi connectivity index (χ0n) is 10.1. The Bertz CT molecular complexity index is 746. The van der Waals surface area contributed by atoms with E-state index >= 15 is 0 Å². The summed E-state index contributed by atoms with van der Waals surface area (Å²) >= 11 is 0. The topological polar surface area (TPSA) is 39.6 Å². The third kappa shape index (κ3) is 1.57. The van der Waals surface area contributed by atoms with Gasteiger partial charge in [-0.15, -0.1) is 0 Å². The van der Waals surface area contributed by atoms with Gasteiger partial charge in [0.25, 0.3) is 0 Å². The van der Waals surface area contributed by atoms with E-state index in [4.69, 9.17) is 0 Å². The van der Waals surface area contributed by atoms with Gasteiger partial charge in [0, 0.05) is 16.6 Å². The van der Waals surface area contributed by atoms with Crippen molar-refractivity contribution in [1.29, 1.82) is 5.26 Å². The van der Waals surface area contributed by atoms with Crippen molar-refractivity contribution in [1.82, 2.24) is 4.98 Å². The molecule has 0 unspecified atom stereocenters. The van der Waals surface area contributed by atoms with Gasteiger partial charge in [-0.05, 0) is 30.2 Å². The Morgan fingerprint density at radius 1 is 1.00 bits per heavy atom. The van der Waals surface area contributed by atoms with Crippen LogP contribution >= 0.6 is 0 Å². The van der Waals surface area contributed by atoms with Crippen LogP contribution < -0.4 is 0 Å². The second kappa shape index (κ2) is 4.05. The molecule has 86 valence electrons. The number of fused-ring (bicyclic) bond motifs is 1. The number of nitrogens with one attached hydrogen (secondary N) is 1. The molecule has 0 aliphatic carbocycles. The Labute approximate surface area is 106 Å². The van der Waals surface area contributed by atoms with Gasteiger partial charge in [-0.2, -0.15) is 5.26 Å². The van der Waals surface area contributed by atoms with Gasteiger partial charge < -0.3 is 4.98 Å². The summed E-state index contributed by atoms with van der Waals surface area (Å²) in [4.78, 5) is 3.23. The molecule has 0 aliphatic heterocycles. The van der Waals surface area contributed by atoms with E-state index in [0.29, 0.717) is 0 Å². The largest absolute Gasteiger partial charge is 0.358 e. The molecule has 1 aromatic heterocycles. The van der Waals surface area contributed by atoms with Crippen molar-refractivity contribution in [2.45, 2.75) is 6.92 Å². The lowest BCUT2D eigenvalue weighted by molar-refractivity contribution is 1.28. The predicted octanol–water partition coefficient (Wildman–Crippen LogP) is 4.02. The molecular formula is C16H12N2. The Kier molecular flexibility index (Phi) is 2.39. The van der Waals surface area contributed by atoms with Crippen LogP contribution in [0.3, 0.4) is 0 Å². The van der Waals surface area contributed by atoms with Crippen LogP contribution in [0.1, 0.15) is 11.3 Å². The summed E-state index contributed by atoms with van der Waals surface area (Å²) in [7, 11) is 0. The molecule has 3 aromatic rings. The van der Waals surface area contributed by atoms with E-state index in [2.05, 4.69) is 35.3 Å². The minimum Gasteiger partial charge on any atom is -0.358 e. The molecule has 0 atom stereocenters. The minimum atomic E-state index is 0.739. The van der Waals surface area contributed by atoms with Crippen molar-refractivity contribution in [3.63, 3.8) is 0 Å². The van der Waals surface area contributed by atoms with Gasteiger partial charge >= 0.3 is 0 Å². The van der Waals surface area contributed by atoms with E-state index in [1.54, 1.807) is 0 Å². The quantitative estimate of drug-likeness (QED) is 0.676. The lowest BCUT2D eigenvalue weighted by atomic mass is 10.0. The smallest absolute Gasteiger partial charge is 0.102 e. The zero-order valence-corrected chi connectivity index (χ0v) is 10.1. The van der Waals surface area contributed by atoms with Crippen molar-refractivity contribution in [2.24, 2.45) is 0 Å². The molecule has 0 saturated carbocycles. The zero-order chi connectivity index (χ0) is 12.5. The number of nitrogens with zero attached hydrogens (tertiary/aromatic N) is 1. The normalized spacial score (nSPS) is 10.4. The van der Waals surface area contributed by atoms with Gasteiger partial charge in [-0.25, -0.2) is 0 Å². The maximum atomic E-state index is 9.20. The van der Waals surface area contributed by atoms with Gasteiger partial charge in [0.1, 0.15) is 6.07 Å². The molecule has 0 saturated heterocycles. The van der Waals surface area contributed by atoms with Gasteiger partial charge in [-0.3, -0.25) is 0 Å². The molecule has 2 aromatic carbocycles. The summed E-state index contributed by atoms with van der Waals surface area (Å²) in [5.41, 5.74) is 4.99. The van der Waals surface area contributed by atoms with Gasteiger partial charge in [0.15, 0.2) is 0 Å². The lowest BCUT2D eigenvalue weighted by Crippen LogP contribution is -1.78. The van der Waals surface area contributed by atoms with E-state index < -0.39 is 0 Å². The number of H-pyrrole nitrogens is 1. The first-order valence-corrected chi connectivity index (χ1v) is 5.87. The van der Waals surface area contributed by atoms with Crippen LogP contribution in [0.25, 0.3) is 22.0 Å². The van der Waals surface area contributed by atoms with Crippen LogP contribution in [0.15, 0.2) is 48.5 Å². The monoisotopic (exact) mass is 232 g/mol. The molecular weight excluding hydrogens is 220 g/mol. The summed E-state index contributed by atoms with van der Waals surface area (Å²) in [6, 6.07) is 18.7. The number of benzene rings is 2. The van der Waals surface area contributed by atoms with Crippen molar-refractivity contribution in [2.75, 3.05) is 0 Å². The first-order chi connectivity index (χ1) is 8.79. The van der Waals surface area contributed by atoms with Crippen molar-refractivity contribution >= 4 is 10.9 Å². The number of rotatable bonds is 1. The molecule has 3 rings (SSSR count). The fourth-order valence-corrected chi connectivity index (χ4v) is 2.28. The third-order valence-corrected chi connectivity index (χ3v) is 3.21. The van der Waals surface area contributed by atoms with Crippen LogP contribution in [0.2, 0.25) is 0 Å². The van der Waals surface area contributed by atoms with Crippen LogP contribution in [0, 0.1) is 18.3 Å². The van der Waals surface area contributed by atoms with Gasteiger partial charge in [0.2, 0.25) is 0 Å². The second-order valence-electron chi connectivity index (χ2n) is 4.36. The average molecular weight is 232 g/mol. The summed E-state index contributed by atoms with van der Waals surface area (Å²) in [6.07, 6.45) is 0. The molecule has 0 bridgehead atoms. The molecule has 0 spiro atoms. The molecule has 0 amide bonds. The van der Waals surface area contributed by atoms with E-state index in [1.165, 1.54) is 5.56 Å². The van der Waals surface area contributed by atoms with Crippen molar-refractivity contribution < 1.29 is 0 Å². The number of aromatic nitrogens is 1. The van der Waals surface area contributed by atoms with Gasteiger partial charge in [-0.1, -0.05) is 36.4 Å². The highest BCUT2D eigenvalue weighted by Gasteiger charge is 2.08. The number of hydrogen-bond donors (Lipinski definition) is 1. The first kappa shape index (κ1) is 10.6. The molecule has 0 aliphatic rings. The van der Waals surface area contributed by atoms with Crippen LogP contribution in [0.4, 0.5) is 0 Å². The van der Waals surface area contributed by atoms with Crippen LogP contribution in [0.5, 0.6) is 0 Å². The predicted molar refractivity (Wildman–Crippen MR) is 73.2 cm³/mol. The maximum Gasteiger partial charge on any atom is 0.102 e. The standard InChI is InChI=1S/C16H12N2/c1-11-15(10-17)14-9-13(7-8-16(14)18-11)12-5-3-2-4-6-12/h2-9,18H,1H3. The summed E-state index contributed by atoms with van der Waals surface area (Å²) in [6.45, 7) is 1.93. The number of nitriles is 1. The third-order valence-electron chi connectivity index (χ3n) is 3.21. The summed E-state index contributed by atoms with van der Waals surface area (Å²) in [5.74, 6) is 0. The Morgan fingerprint density at radius 3 is 2.50 bits per heavy atom. The molecule has 0 radical (unpaired) electrons. The minimum absolute atomic E-state index is 0.739. The SMILES string of the molecule is Cc1[nH]c2ccc(-c3ccccc3)cc2c1C#N. The van der Waals surface area contributed by atoms with E-state index in [1.807, 2.05) is 31.2 Å². The van der Waals surface area contributed by atoms with Crippen molar-refractivity contribution in [3.05, 3.63) is 59.8 Å². The first-order valence-electron chi connectivity index (χ1n) is 5.87. The highest BCUT2D eigenvalue weighted by atomic mass is 14.7. The Hall–Kier alpha value is -2.53. The fraction of sp³-hybridized carbons (Fsp3) is 0.0625. The van der Waals surface area contributed by atoms with Gasteiger partial charge in [0.05, 0.1) is 5.56 Å². The molecule has 1 heterocycles. The van der Waals surface area contributed by atoms with Crippen LogP contribution in [-0.2, 0) is 0 Å². The molecule has 2 heteroatoms. The van der Waals surface area contributed by atoms with Crippen LogP contribution in [-0.4, -0.2) is 4.98 Å².